The molecule has 1 aromatic heterocycles. The van der Waals surface area contributed by atoms with E-state index in [2.05, 4.69) is 12.0 Å². The van der Waals surface area contributed by atoms with Crippen molar-refractivity contribution >= 4 is 5.91 Å². The molecule has 1 aromatic carbocycles. The van der Waals surface area contributed by atoms with Crippen molar-refractivity contribution in [3.8, 4) is 0 Å². The molecule has 0 spiro atoms. The average molecular weight is 382 g/mol. The van der Waals surface area contributed by atoms with Gasteiger partial charge < -0.3 is 10.0 Å². The van der Waals surface area contributed by atoms with Crippen LogP contribution in [0, 0.1) is 5.92 Å². The molecule has 2 fully saturated rings. The van der Waals surface area contributed by atoms with Gasteiger partial charge in [-0.1, -0.05) is 56.5 Å². The Labute approximate surface area is 167 Å². The fourth-order valence-corrected chi connectivity index (χ4v) is 5.27. The zero-order valence-corrected chi connectivity index (χ0v) is 17.0. The van der Waals surface area contributed by atoms with Gasteiger partial charge in [0.25, 0.3) is 5.91 Å². The molecule has 1 N–H and O–H groups in total. The van der Waals surface area contributed by atoms with Crippen molar-refractivity contribution in [1.82, 2.24) is 14.7 Å². The Hall–Kier alpha value is -2.14. The fraction of sp³-hybridized carbons (Fsp3) is 0.565. The topological polar surface area (TPSA) is 58.4 Å². The highest BCUT2D eigenvalue weighted by atomic mass is 16.3. The molecule has 28 heavy (non-hydrogen) atoms. The minimum absolute atomic E-state index is 0.0596. The van der Waals surface area contributed by atoms with Crippen LogP contribution in [0.1, 0.15) is 67.2 Å². The van der Waals surface area contributed by atoms with Crippen LogP contribution in [0.4, 0.5) is 0 Å². The number of nitrogens with zero attached hydrogens (tertiary/aromatic N) is 3. The van der Waals surface area contributed by atoms with Crippen molar-refractivity contribution in [2.45, 2.75) is 63.5 Å². The maximum Gasteiger partial charge on any atom is 0.272 e. The van der Waals surface area contributed by atoms with Gasteiger partial charge in [0.2, 0.25) is 0 Å². The van der Waals surface area contributed by atoms with E-state index in [9.17, 15) is 9.90 Å². The normalized spacial score (nSPS) is 27.5. The molecule has 0 bridgehead atoms. The monoisotopic (exact) mass is 381 g/mol. The lowest BCUT2D eigenvalue weighted by atomic mass is 9.66. The molecule has 5 nitrogen and oxygen atoms in total. The summed E-state index contributed by atoms with van der Waals surface area (Å²) in [6, 6.07) is 12.1. The van der Waals surface area contributed by atoms with Crippen LogP contribution in [-0.2, 0) is 19.1 Å². The SMILES string of the molecule is CCCc1cc(C(=O)N2CC[C@@](O)(c3ccccc3)[C@@H]3CCCC[C@@H]32)n(C)n1. The summed E-state index contributed by atoms with van der Waals surface area (Å²) in [5.41, 5.74) is 1.79. The Morgan fingerprint density at radius 1 is 1.25 bits per heavy atom. The van der Waals surface area contributed by atoms with Gasteiger partial charge in [0, 0.05) is 25.6 Å². The number of piperidine rings is 1. The third-order valence-corrected chi connectivity index (χ3v) is 6.67. The number of rotatable bonds is 4. The van der Waals surface area contributed by atoms with E-state index >= 15 is 0 Å². The largest absolute Gasteiger partial charge is 0.385 e. The van der Waals surface area contributed by atoms with Crippen LogP contribution in [0.5, 0.6) is 0 Å². The van der Waals surface area contributed by atoms with E-state index in [1.54, 1.807) is 4.68 Å². The number of amides is 1. The number of aryl methyl sites for hydroxylation is 2. The van der Waals surface area contributed by atoms with Crippen LogP contribution in [0.3, 0.4) is 0 Å². The molecule has 1 saturated carbocycles. The van der Waals surface area contributed by atoms with E-state index in [0.29, 0.717) is 18.7 Å². The van der Waals surface area contributed by atoms with Crippen molar-refractivity contribution in [1.29, 1.82) is 0 Å². The number of likely N-dealkylation sites (tertiary alicyclic amines) is 1. The van der Waals surface area contributed by atoms with Crippen LogP contribution in [0.15, 0.2) is 36.4 Å². The van der Waals surface area contributed by atoms with Crippen molar-refractivity contribution in [2.24, 2.45) is 13.0 Å². The molecule has 0 radical (unpaired) electrons. The number of aromatic nitrogens is 2. The summed E-state index contributed by atoms with van der Waals surface area (Å²) in [7, 11) is 1.86. The van der Waals surface area contributed by atoms with Crippen molar-refractivity contribution in [2.75, 3.05) is 6.54 Å². The summed E-state index contributed by atoms with van der Waals surface area (Å²) in [6.45, 7) is 2.71. The average Bonchev–Trinajstić information content (AvgIpc) is 3.09. The zero-order valence-electron chi connectivity index (χ0n) is 17.0. The summed E-state index contributed by atoms with van der Waals surface area (Å²) < 4.78 is 1.73. The molecule has 4 rings (SSSR count). The smallest absolute Gasteiger partial charge is 0.272 e. The fourth-order valence-electron chi connectivity index (χ4n) is 5.27. The van der Waals surface area contributed by atoms with E-state index in [4.69, 9.17) is 0 Å². The van der Waals surface area contributed by atoms with E-state index in [-0.39, 0.29) is 17.9 Å². The highest BCUT2D eigenvalue weighted by Crippen LogP contribution is 2.47. The van der Waals surface area contributed by atoms with Gasteiger partial charge in [-0.15, -0.1) is 0 Å². The molecule has 2 aromatic rings. The lowest BCUT2D eigenvalue weighted by Gasteiger charge is -2.52. The molecule has 1 saturated heterocycles. The van der Waals surface area contributed by atoms with Crippen LogP contribution < -0.4 is 0 Å². The lowest BCUT2D eigenvalue weighted by Crippen LogP contribution is -2.59. The zero-order chi connectivity index (χ0) is 19.7. The van der Waals surface area contributed by atoms with Crippen LogP contribution in [-0.4, -0.2) is 38.3 Å². The van der Waals surface area contributed by atoms with E-state index in [0.717, 1.165) is 49.8 Å². The highest BCUT2D eigenvalue weighted by Gasteiger charge is 2.50. The first-order valence-corrected chi connectivity index (χ1v) is 10.7. The first-order valence-electron chi connectivity index (χ1n) is 10.7. The summed E-state index contributed by atoms with van der Waals surface area (Å²) in [4.78, 5) is 15.4. The number of hydrogen-bond donors (Lipinski definition) is 1. The predicted octanol–water partition coefficient (Wildman–Crippen LogP) is 3.67. The Morgan fingerprint density at radius 3 is 2.75 bits per heavy atom. The molecular formula is C23H31N3O2. The van der Waals surface area contributed by atoms with Crippen molar-refractivity contribution < 1.29 is 9.90 Å². The number of hydrogen-bond acceptors (Lipinski definition) is 3. The van der Waals surface area contributed by atoms with Gasteiger partial charge >= 0.3 is 0 Å². The predicted molar refractivity (Wildman–Crippen MR) is 109 cm³/mol. The van der Waals surface area contributed by atoms with Gasteiger partial charge in [-0.05, 0) is 37.3 Å². The Kier molecular flexibility index (Phi) is 5.28. The van der Waals surface area contributed by atoms with Crippen LogP contribution in [0.25, 0.3) is 0 Å². The molecule has 5 heteroatoms. The van der Waals surface area contributed by atoms with Gasteiger partial charge in [0.15, 0.2) is 0 Å². The first kappa shape index (κ1) is 19.2. The number of aliphatic hydroxyl groups is 1. The van der Waals surface area contributed by atoms with Crippen LogP contribution in [0.2, 0.25) is 0 Å². The minimum atomic E-state index is -0.844. The lowest BCUT2D eigenvalue weighted by molar-refractivity contribution is -0.110. The molecular weight excluding hydrogens is 350 g/mol. The summed E-state index contributed by atoms with van der Waals surface area (Å²) in [6.07, 6.45) is 6.65. The number of carbonyl (C=O) groups is 1. The summed E-state index contributed by atoms with van der Waals surface area (Å²) in [5, 5.41) is 16.2. The van der Waals surface area contributed by atoms with Gasteiger partial charge in [-0.2, -0.15) is 5.10 Å². The van der Waals surface area contributed by atoms with E-state index in [1.807, 2.05) is 48.3 Å². The molecule has 3 atom stereocenters. The number of carbonyl (C=O) groups excluding carboxylic acids is 1. The molecule has 2 heterocycles. The first-order chi connectivity index (χ1) is 13.5. The van der Waals surface area contributed by atoms with Crippen LogP contribution >= 0.6 is 0 Å². The summed E-state index contributed by atoms with van der Waals surface area (Å²) >= 11 is 0. The molecule has 1 amide bonds. The third kappa shape index (κ3) is 3.26. The van der Waals surface area contributed by atoms with Gasteiger partial charge in [0.1, 0.15) is 5.69 Å². The standard InChI is InChI=1S/C23H31N3O2/c1-3-9-18-16-21(25(2)24-18)22(27)26-15-14-23(28,17-10-5-4-6-11-17)19-12-7-8-13-20(19)26/h4-6,10-11,16,19-20,28H,3,7-9,12-15H2,1-2H3/t19-,20+,23-/m1/s1. The number of fused-ring (bicyclic) bond motifs is 1. The second-order valence-electron chi connectivity index (χ2n) is 8.39. The second-order valence-corrected chi connectivity index (χ2v) is 8.39. The third-order valence-electron chi connectivity index (χ3n) is 6.67. The Balaban J connectivity index is 1.63. The highest BCUT2D eigenvalue weighted by molar-refractivity contribution is 5.93. The van der Waals surface area contributed by atoms with Crippen molar-refractivity contribution in [3.63, 3.8) is 0 Å². The molecule has 2 aliphatic rings. The maximum atomic E-state index is 13.4. The molecule has 150 valence electrons. The van der Waals surface area contributed by atoms with E-state index < -0.39 is 5.60 Å². The molecule has 0 unspecified atom stereocenters. The second kappa shape index (κ2) is 7.70. The van der Waals surface area contributed by atoms with Gasteiger partial charge in [0.05, 0.1) is 11.3 Å². The Morgan fingerprint density at radius 2 is 2.00 bits per heavy atom. The minimum Gasteiger partial charge on any atom is -0.385 e. The van der Waals surface area contributed by atoms with Crippen molar-refractivity contribution in [3.05, 3.63) is 53.3 Å². The van der Waals surface area contributed by atoms with Gasteiger partial charge in [-0.3, -0.25) is 9.48 Å². The van der Waals surface area contributed by atoms with Gasteiger partial charge in [-0.25, -0.2) is 0 Å². The number of benzene rings is 1. The molecule has 1 aliphatic heterocycles. The quantitative estimate of drug-likeness (QED) is 0.879. The van der Waals surface area contributed by atoms with E-state index in [1.165, 1.54) is 0 Å². The Bertz CT molecular complexity index is 832. The maximum absolute atomic E-state index is 13.4. The molecule has 1 aliphatic carbocycles. The summed E-state index contributed by atoms with van der Waals surface area (Å²) in [5.74, 6) is 0.147.